The molecule has 0 spiro atoms. The molecule has 0 aliphatic rings. The lowest BCUT2D eigenvalue weighted by atomic mass is 10.2. The molecule has 0 aliphatic carbocycles. The van der Waals surface area contributed by atoms with Crippen molar-refractivity contribution in [1.29, 1.82) is 0 Å². The van der Waals surface area contributed by atoms with Crippen LogP contribution in [0.1, 0.15) is 15.9 Å². The molecular formula is C19H15ClFN3O. The maximum Gasteiger partial charge on any atom is 0.257 e. The van der Waals surface area contributed by atoms with Gasteiger partial charge in [-0.15, -0.1) is 0 Å². The number of anilines is 2. The predicted molar refractivity (Wildman–Crippen MR) is 97.4 cm³/mol. The number of carbonyl (C=O) groups excluding carboxylic acids is 1. The molecule has 2 aromatic carbocycles. The summed E-state index contributed by atoms with van der Waals surface area (Å²) < 4.78 is 12.9. The van der Waals surface area contributed by atoms with Gasteiger partial charge in [0.1, 0.15) is 11.6 Å². The molecule has 0 bridgehead atoms. The quantitative estimate of drug-likeness (QED) is 0.695. The molecule has 3 aromatic rings. The van der Waals surface area contributed by atoms with Crippen LogP contribution in [0.2, 0.25) is 5.02 Å². The minimum atomic E-state index is -0.266. The number of pyridine rings is 1. The molecule has 0 radical (unpaired) electrons. The average Bonchev–Trinajstić information content (AvgIpc) is 2.63. The van der Waals surface area contributed by atoms with Gasteiger partial charge in [0.25, 0.3) is 5.91 Å². The first kappa shape index (κ1) is 16.9. The molecule has 25 heavy (non-hydrogen) atoms. The molecule has 0 atom stereocenters. The second-order valence-electron chi connectivity index (χ2n) is 5.37. The number of nitrogens with one attached hydrogen (secondary N) is 2. The van der Waals surface area contributed by atoms with Crippen LogP contribution in [0.15, 0.2) is 66.9 Å². The van der Waals surface area contributed by atoms with Gasteiger partial charge in [0.05, 0.1) is 5.56 Å². The lowest BCUT2D eigenvalue weighted by Crippen LogP contribution is -2.12. The van der Waals surface area contributed by atoms with Crippen molar-refractivity contribution in [3.05, 3.63) is 88.8 Å². The van der Waals surface area contributed by atoms with Crippen LogP contribution in [0.25, 0.3) is 0 Å². The Labute approximate surface area is 149 Å². The Balaban J connectivity index is 1.58. The molecule has 1 heterocycles. The van der Waals surface area contributed by atoms with E-state index in [2.05, 4.69) is 15.6 Å². The highest BCUT2D eigenvalue weighted by atomic mass is 35.5. The molecule has 126 valence electrons. The van der Waals surface area contributed by atoms with E-state index in [4.69, 9.17) is 11.6 Å². The highest BCUT2D eigenvalue weighted by Crippen LogP contribution is 2.15. The third-order valence-electron chi connectivity index (χ3n) is 3.51. The zero-order valence-electron chi connectivity index (χ0n) is 13.2. The van der Waals surface area contributed by atoms with Gasteiger partial charge < -0.3 is 10.6 Å². The van der Waals surface area contributed by atoms with Crippen molar-refractivity contribution in [2.75, 3.05) is 10.6 Å². The first-order valence-corrected chi connectivity index (χ1v) is 7.99. The molecule has 6 heteroatoms. The van der Waals surface area contributed by atoms with Crippen molar-refractivity contribution in [1.82, 2.24) is 4.98 Å². The fourth-order valence-electron chi connectivity index (χ4n) is 2.16. The molecule has 0 fully saturated rings. The van der Waals surface area contributed by atoms with Gasteiger partial charge in [-0.05, 0) is 54.1 Å². The van der Waals surface area contributed by atoms with E-state index >= 15 is 0 Å². The molecule has 2 N–H and O–H groups in total. The van der Waals surface area contributed by atoms with E-state index in [0.29, 0.717) is 28.6 Å². The zero-order valence-corrected chi connectivity index (χ0v) is 13.9. The molecular weight excluding hydrogens is 341 g/mol. The summed E-state index contributed by atoms with van der Waals surface area (Å²) in [6, 6.07) is 16.5. The minimum absolute atomic E-state index is 0.250. The Morgan fingerprint density at radius 3 is 2.36 bits per heavy atom. The summed E-state index contributed by atoms with van der Waals surface area (Å²) in [4.78, 5) is 16.4. The maximum absolute atomic E-state index is 12.9. The van der Waals surface area contributed by atoms with E-state index in [1.54, 1.807) is 48.5 Å². The van der Waals surface area contributed by atoms with Crippen molar-refractivity contribution >= 4 is 29.0 Å². The Morgan fingerprint density at radius 2 is 1.72 bits per heavy atom. The predicted octanol–water partition coefficient (Wildman–Crippen LogP) is 4.74. The van der Waals surface area contributed by atoms with E-state index in [0.717, 1.165) is 5.56 Å². The molecule has 0 aliphatic heterocycles. The number of rotatable bonds is 5. The van der Waals surface area contributed by atoms with Crippen LogP contribution in [0.3, 0.4) is 0 Å². The van der Waals surface area contributed by atoms with Crippen molar-refractivity contribution < 1.29 is 9.18 Å². The van der Waals surface area contributed by atoms with Gasteiger partial charge in [0.15, 0.2) is 0 Å². The third kappa shape index (κ3) is 4.78. The number of aromatic nitrogens is 1. The van der Waals surface area contributed by atoms with Crippen LogP contribution in [-0.4, -0.2) is 10.9 Å². The molecule has 1 aromatic heterocycles. The van der Waals surface area contributed by atoms with Crippen LogP contribution in [0.4, 0.5) is 15.9 Å². The molecule has 0 saturated heterocycles. The number of halogens is 2. The van der Waals surface area contributed by atoms with Gasteiger partial charge >= 0.3 is 0 Å². The maximum atomic E-state index is 12.9. The minimum Gasteiger partial charge on any atom is -0.366 e. The van der Waals surface area contributed by atoms with Gasteiger partial charge in [0, 0.05) is 23.5 Å². The normalized spacial score (nSPS) is 10.3. The first-order valence-electron chi connectivity index (χ1n) is 7.61. The summed E-state index contributed by atoms with van der Waals surface area (Å²) in [5, 5.41) is 6.50. The lowest BCUT2D eigenvalue weighted by Gasteiger charge is -2.08. The van der Waals surface area contributed by atoms with Gasteiger partial charge in [-0.1, -0.05) is 23.7 Å². The van der Waals surface area contributed by atoms with Crippen LogP contribution < -0.4 is 10.6 Å². The van der Waals surface area contributed by atoms with Gasteiger partial charge in [-0.2, -0.15) is 0 Å². The van der Waals surface area contributed by atoms with Crippen LogP contribution in [-0.2, 0) is 6.54 Å². The Hall–Kier alpha value is -2.92. The SMILES string of the molecule is O=C(Nc1ccc(Cl)cc1)c1ccc(NCc2ccc(F)cc2)nc1. The number of nitrogens with zero attached hydrogens (tertiary/aromatic N) is 1. The van der Waals surface area contributed by atoms with E-state index in [9.17, 15) is 9.18 Å². The van der Waals surface area contributed by atoms with E-state index in [1.165, 1.54) is 18.3 Å². The van der Waals surface area contributed by atoms with Gasteiger partial charge in [-0.25, -0.2) is 9.37 Å². The Bertz CT molecular complexity index is 849. The zero-order chi connectivity index (χ0) is 17.6. The second-order valence-corrected chi connectivity index (χ2v) is 5.81. The van der Waals surface area contributed by atoms with Crippen molar-refractivity contribution in [2.24, 2.45) is 0 Å². The van der Waals surface area contributed by atoms with Crippen molar-refractivity contribution in [3.63, 3.8) is 0 Å². The summed E-state index contributed by atoms with van der Waals surface area (Å²) >= 11 is 5.82. The molecule has 4 nitrogen and oxygen atoms in total. The topological polar surface area (TPSA) is 54.0 Å². The summed E-state index contributed by atoms with van der Waals surface area (Å²) in [6.45, 7) is 0.517. The number of hydrogen-bond donors (Lipinski definition) is 2. The number of amides is 1. The number of carbonyl (C=O) groups is 1. The number of benzene rings is 2. The van der Waals surface area contributed by atoms with Crippen molar-refractivity contribution in [3.8, 4) is 0 Å². The second kappa shape index (κ2) is 7.77. The first-order chi connectivity index (χ1) is 12.1. The standard InChI is InChI=1S/C19H15ClFN3O/c20-15-4-8-17(9-5-15)24-19(25)14-3-10-18(23-12-14)22-11-13-1-6-16(21)7-2-13/h1-10,12H,11H2,(H,22,23)(H,24,25). The monoisotopic (exact) mass is 355 g/mol. The summed E-state index contributed by atoms with van der Waals surface area (Å²) in [7, 11) is 0. The molecule has 0 unspecified atom stereocenters. The van der Waals surface area contributed by atoms with E-state index in [1.807, 2.05) is 0 Å². The smallest absolute Gasteiger partial charge is 0.257 e. The fourth-order valence-corrected chi connectivity index (χ4v) is 2.29. The summed E-state index contributed by atoms with van der Waals surface area (Å²) in [6.07, 6.45) is 1.50. The van der Waals surface area contributed by atoms with Crippen LogP contribution in [0, 0.1) is 5.82 Å². The highest BCUT2D eigenvalue weighted by Gasteiger charge is 2.07. The van der Waals surface area contributed by atoms with Crippen molar-refractivity contribution in [2.45, 2.75) is 6.54 Å². The largest absolute Gasteiger partial charge is 0.366 e. The van der Waals surface area contributed by atoms with Gasteiger partial charge in [-0.3, -0.25) is 4.79 Å². The van der Waals surface area contributed by atoms with E-state index < -0.39 is 0 Å². The molecule has 1 amide bonds. The van der Waals surface area contributed by atoms with E-state index in [-0.39, 0.29) is 11.7 Å². The summed E-state index contributed by atoms with van der Waals surface area (Å²) in [5.74, 6) is 0.116. The summed E-state index contributed by atoms with van der Waals surface area (Å²) in [5.41, 5.74) is 2.04. The number of hydrogen-bond acceptors (Lipinski definition) is 3. The molecule has 0 saturated carbocycles. The average molecular weight is 356 g/mol. The third-order valence-corrected chi connectivity index (χ3v) is 3.77. The van der Waals surface area contributed by atoms with Gasteiger partial charge in [0.2, 0.25) is 0 Å². The van der Waals surface area contributed by atoms with Crippen LogP contribution in [0.5, 0.6) is 0 Å². The highest BCUT2D eigenvalue weighted by molar-refractivity contribution is 6.30. The lowest BCUT2D eigenvalue weighted by molar-refractivity contribution is 0.102. The Morgan fingerprint density at radius 1 is 1.00 bits per heavy atom. The fraction of sp³-hybridized carbons (Fsp3) is 0.0526. The Kier molecular flexibility index (Phi) is 5.26. The van der Waals surface area contributed by atoms with Crippen LogP contribution >= 0.6 is 11.6 Å². The molecule has 3 rings (SSSR count).